The smallest absolute Gasteiger partial charge is 0.336 e. The van der Waals surface area contributed by atoms with Crippen molar-refractivity contribution in [3.05, 3.63) is 108 Å². The number of aliphatic hydroxyl groups excluding tert-OH is 1. The minimum atomic E-state index is -1.01. The number of carbonyl (C=O) groups is 2. The highest BCUT2D eigenvalue weighted by molar-refractivity contribution is 5.88. The number of hydrogen-bond donors (Lipinski definition) is 1. The van der Waals surface area contributed by atoms with Gasteiger partial charge in [0.2, 0.25) is 0 Å². The molecule has 1 N–H and O–H groups in total. The molecule has 2 atom stereocenters. The Morgan fingerprint density at radius 3 is 1.98 bits per heavy atom. The average Bonchev–Trinajstić information content (AvgIpc) is 2.97. The van der Waals surface area contributed by atoms with E-state index in [0.717, 1.165) is 23.1 Å². The van der Waals surface area contributed by atoms with E-state index >= 15 is 0 Å². The highest BCUT2D eigenvalue weighted by Gasteiger charge is 2.20. The standard InChI is InChI=1S/C36H42O5/c1-7-8-9-10-28-11-13-29(14-12-28)32-19-20-34(25(4)21-32)31-17-15-30(16-18-31)33(22-40-35(38)24(2)3)23-41-36(39)26(5)27(6)37/h11-21,27,33,37H,2,5,7-10,22-23H2,1,3-4,6H3. The molecule has 0 saturated carbocycles. The van der Waals surface area contributed by atoms with Crippen molar-refractivity contribution in [1.29, 1.82) is 0 Å². The Morgan fingerprint density at radius 2 is 1.41 bits per heavy atom. The van der Waals surface area contributed by atoms with E-state index in [0.29, 0.717) is 5.57 Å². The van der Waals surface area contributed by atoms with Gasteiger partial charge >= 0.3 is 11.9 Å². The van der Waals surface area contributed by atoms with Gasteiger partial charge in [-0.05, 0) is 72.6 Å². The Kier molecular flexibility index (Phi) is 11.7. The molecule has 0 aliphatic rings. The number of esters is 2. The molecule has 216 valence electrons. The molecule has 0 heterocycles. The predicted octanol–water partition coefficient (Wildman–Crippen LogP) is 7.74. The van der Waals surface area contributed by atoms with Crippen LogP contribution in [0.4, 0.5) is 0 Å². The number of unbranched alkanes of at least 4 members (excludes halogenated alkanes) is 2. The molecule has 5 nitrogen and oxygen atoms in total. The molecule has 3 rings (SSSR count). The third kappa shape index (κ3) is 9.02. The molecule has 2 unspecified atom stereocenters. The Balaban J connectivity index is 1.75. The molecular weight excluding hydrogens is 512 g/mol. The summed E-state index contributed by atoms with van der Waals surface area (Å²) in [5.74, 6) is -1.59. The summed E-state index contributed by atoms with van der Waals surface area (Å²) in [6, 6.07) is 23.3. The predicted molar refractivity (Wildman–Crippen MR) is 166 cm³/mol. The lowest BCUT2D eigenvalue weighted by Gasteiger charge is -2.19. The maximum atomic E-state index is 12.2. The van der Waals surface area contributed by atoms with E-state index in [2.05, 4.69) is 69.5 Å². The van der Waals surface area contributed by atoms with Crippen LogP contribution in [0.2, 0.25) is 0 Å². The second kappa shape index (κ2) is 15.2. The van der Waals surface area contributed by atoms with Crippen molar-refractivity contribution in [2.45, 2.75) is 65.4 Å². The van der Waals surface area contributed by atoms with E-state index in [4.69, 9.17) is 9.47 Å². The van der Waals surface area contributed by atoms with Gasteiger partial charge in [0.15, 0.2) is 0 Å². The van der Waals surface area contributed by atoms with Gasteiger partial charge < -0.3 is 14.6 Å². The molecule has 41 heavy (non-hydrogen) atoms. The maximum Gasteiger partial charge on any atom is 0.336 e. The molecule has 0 saturated heterocycles. The molecule has 0 bridgehead atoms. The SMILES string of the molecule is C=C(C)C(=O)OCC(COC(=O)C(=C)C(C)O)c1ccc(-c2ccc(-c3ccc(CCCCC)cc3)cc2C)cc1. The molecule has 0 aromatic heterocycles. The first-order valence-electron chi connectivity index (χ1n) is 14.3. The maximum absolute atomic E-state index is 12.2. The molecular formula is C36H42O5. The summed E-state index contributed by atoms with van der Waals surface area (Å²) >= 11 is 0. The van der Waals surface area contributed by atoms with Crippen LogP contribution < -0.4 is 0 Å². The highest BCUT2D eigenvalue weighted by atomic mass is 16.5. The monoisotopic (exact) mass is 554 g/mol. The van der Waals surface area contributed by atoms with Crippen LogP contribution >= 0.6 is 0 Å². The van der Waals surface area contributed by atoms with E-state index in [1.165, 1.54) is 48.4 Å². The molecule has 0 fully saturated rings. The quantitative estimate of drug-likeness (QED) is 0.125. The van der Waals surface area contributed by atoms with Gasteiger partial charge in [-0.1, -0.05) is 99.7 Å². The summed E-state index contributed by atoms with van der Waals surface area (Å²) in [5.41, 5.74) is 8.23. The van der Waals surface area contributed by atoms with Crippen LogP contribution in [0.15, 0.2) is 91.0 Å². The van der Waals surface area contributed by atoms with Crippen LogP contribution in [0.5, 0.6) is 0 Å². The third-order valence-electron chi connectivity index (χ3n) is 7.22. The fourth-order valence-corrected chi connectivity index (χ4v) is 4.52. The second-order valence-corrected chi connectivity index (χ2v) is 10.7. The molecule has 3 aromatic rings. The number of hydrogen-bond acceptors (Lipinski definition) is 5. The number of rotatable bonds is 14. The van der Waals surface area contributed by atoms with Gasteiger partial charge in [-0.2, -0.15) is 0 Å². The topological polar surface area (TPSA) is 72.8 Å². The lowest BCUT2D eigenvalue weighted by atomic mass is 9.93. The van der Waals surface area contributed by atoms with E-state index in [-0.39, 0.29) is 18.8 Å². The molecule has 0 aliphatic heterocycles. The first-order chi connectivity index (χ1) is 19.6. The number of aryl methyl sites for hydroxylation is 2. The van der Waals surface area contributed by atoms with Crippen molar-refractivity contribution < 1.29 is 24.2 Å². The third-order valence-corrected chi connectivity index (χ3v) is 7.22. The fraction of sp³-hybridized carbons (Fsp3) is 0.333. The van der Waals surface area contributed by atoms with Gasteiger partial charge in [0.05, 0.1) is 17.6 Å². The normalized spacial score (nSPS) is 12.3. The zero-order valence-corrected chi connectivity index (χ0v) is 24.7. The van der Waals surface area contributed by atoms with E-state index in [1.54, 1.807) is 6.92 Å². The summed E-state index contributed by atoms with van der Waals surface area (Å²) in [6.45, 7) is 14.6. The zero-order chi connectivity index (χ0) is 29.9. The van der Waals surface area contributed by atoms with Crippen molar-refractivity contribution in [2.24, 2.45) is 0 Å². The van der Waals surface area contributed by atoms with E-state index in [1.807, 2.05) is 24.3 Å². The number of ether oxygens (including phenoxy) is 2. The lowest BCUT2D eigenvalue weighted by Crippen LogP contribution is -2.22. The van der Waals surface area contributed by atoms with Gasteiger partial charge in [-0.25, -0.2) is 9.59 Å². The Hall–Kier alpha value is -3.96. The molecule has 0 spiro atoms. The van der Waals surface area contributed by atoms with Crippen LogP contribution in [0, 0.1) is 6.92 Å². The van der Waals surface area contributed by atoms with Gasteiger partial charge in [0.1, 0.15) is 13.2 Å². The largest absolute Gasteiger partial charge is 0.462 e. The highest BCUT2D eigenvalue weighted by Crippen LogP contribution is 2.30. The number of benzene rings is 3. The van der Waals surface area contributed by atoms with Gasteiger partial charge in [0.25, 0.3) is 0 Å². The van der Waals surface area contributed by atoms with Crippen LogP contribution in [-0.4, -0.2) is 36.4 Å². The summed E-state index contributed by atoms with van der Waals surface area (Å²) in [7, 11) is 0. The summed E-state index contributed by atoms with van der Waals surface area (Å²) in [4.78, 5) is 24.3. The summed E-state index contributed by atoms with van der Waals surface area (Å²) < 4.78 is 10.8. The van der Waals surface area contributed by atoms with Crippen molar-refractivity contribution in [1.82, 2.24) is 0 Å². The minimum Gasteiger partial charge on any atom is -0.462 e. The average molecular weight is 555 g/mol. The fourth-order valence-electron chi connectivity index (χ4n) is 4.52. The van der Waals surface area contributed by atoms with Crippen molar-refractivity contribution in [3.8, 4) is 22.3 Å². The minimum absolute atomic E-state index is 0.0184. The Bertz CT molecular complexity index is 1350. The van der Waals surface area contributed by atoms with Gasteiger partial charge in [-0.15, -0.1) is 0 Å². The van der Waals surface area contributed by atoms with Crippen LogP contribution in [0.25, 0.3) is 22.3 Å². The van der Waals surface area contributed by atoms with Gasteiger partial charge in [-0.3, -0.25) is 0 Å². The number of carbonyl (C=O) groups excluding carboxylic acids is 2. The van der Waals surface area contributed by atoms with E-state index < -0.39 is 24.0 Å². The molecule has 3 aromatic carbocycles. The Morgan fingerprint density at radius 1 is 0.829 bits per heavy atom. The van der Waals surface area contributed by atoms with Crippen molar-refractivity contribution in [3.63, 3.8) is 0 Å². The number of aliphatic hydroxyl groups is 1. The van der Waals surface area contributed by atoms with Crippen LogP contribution in [-0.2, 0) is 25.5 Å². The zero-order valence-electron chi connectivity index (χ0n) is 24.7. The molecule has 0 radical (unpaired) electrons. The molecule has 0 aliphatic carbocycles. The van der Waals surface area contributed by atoms with Crippen molar-refractivity contribution >= 4 is 11.9 Å². The van der Waals surface area contributed by atoms with Crippen LogP contribution in [0.3, 0.4) is 0 Å². The second-order valence-electron chi connectivity index (χ2n) is 10.7. The molecule has 5 heteroatoms. The first-order valence-corrected chi connectivity index (χ1v) is 14.3. The van der Waals surface area contributed by atoms with Gasteiger partial charge in [0, 0.05) is 5.57 Å². The summed E-state index contributed by atoms with van der Waals surface area (Å²) in [6.07, 6.45) is 3.84. The Labute approximate surface area is 244 Å². The van der Waals surface area contributed by atoms with E-state index in [9.17, 15) is 14.7 Å². The lowest BCUT2D eigenvalue weighted by molar-refractivity contribution is -0.143. The molecule has 0 amide bonds. The van der Waals surface area contributed by atoms with Crippen LogP contribution in [0.1, 0.15) is 62.6 Å². The summed E-state index contributed by atoms with van der Waals surface area (Å²) in [5, 5.41) is 9.62. The first kappa shape index (κ1) is 31.6. The van der Waals surface area contributed by atoms with Crippen molar-refractivity contribution in [2.75, 3.05) is 13.2 Å².